The fraction of sp³-hybridized carbons (Fsp3) is 0.250. The van der Waals surface area contributed by atoms with Gasteiger partial charge < -0.3 is 5.73 Å². The predicted octanol–water partition coefficient (Wildman–Crippen LogP) is 4.40. The molecule has 0 fully saturated rings. The summed E-state index contributed by atoms with van der Waals surface area (Å²) in [6, 6.07) is 8.92. The SMILES string of the molecule is Cc1ccc(CC(N)c2cc(C(F)(F)F)ccc2F)cc1. The Bertz CT molecular complexity index is 617. The normalized spacial score (nSPS) is 13.2. The summed E-state index contributed by atoms with van der Waals surface area (Å²) in [6.07, 6.45) is -4.23. The lowest BCUT2D eigenvalue weighted by atomic mass is 9.97. The van der Waals surface area contributed by atoms with E-state index in [0.717, 1.165) is 29.3 Å². The van der Waals surface area contributed by atoms with Crippen LogP contribution in [0.15, 0.2) is 42.5 Å². The minimum atomic E-state index is -4.51. The lowest BCUT2D eigenvalue weighted by Crippen LogP contribution is -2.17. The molecule has 2 rings (SSSR count). The molecule has 5 heteroatoms. The molecular weight excluding hydrogens is 282 g/mol. The summed E-state index contributed by atoms with van der Waals surface area (Å²) in [6.45, 7) is 1.93. The van der Waals surface area contributed by atoms with E-state index in [1.165, 1.54) is 0 Å². The summed E-state index contributed by atoms with van der Waals surface area (Å²) in [7, 11) is 0. The van der Waals surface area contributed by atoms with Crippen LogP contribution in [0.2, 0.25) is 0 Å². The molecule has 2 N–H and O–H groups in total. The van der Waals surface area contributed by atoms with E-state index in [9.17, 15) is 17.6 Å². The van der Waals surface area contributed by atoms with Crippen LogP contribution in [0.5, 0.6) is 0 Å². The number of nitrogens with two attached hydrogens (primary N) is 1. The van der Waals surface area contributed by atoms with E-state index in [0.29, 0.717) is 0 Å². The van der Waals surface area contributed by atoms with Crippen molar-refractivity contribution in [3.8, 4) is 0 Å². The first kappa shape index (κ1) is 15.5. The fourth-order valence-electron chi connectivity index (χ4n) is 2.09. The van der Waals surface area contributed by atoms with Crippen molar-refractivity contribution in [2.24, 2.45) is 5.73 Å². The van der Waals surface area contributed by atoms with E-state index in [4.69, 9.17) is 5.73 Å². The molecule has 0 bridgehead atoms. The zero-order valence-corrected chi connectivity index (χ0v) is 11.4. The smallest absolute Gasteiger partial charge is 0.324 e. The molecule has 0 aromatic heterocycles. The number of benzene rings is 2. The van der Waals surface area contributed by atoms with Crippen LogP contribution in [0.25, 0.3) is 0 Å². The van der Waals surface area contributed by atoms with Gasteiger partial charge in [-0.05, 0) is 37.1 Å². The Labute approximate surface area is 120 Å². The van der Waals surface area contributed by atoms with Crippen LogP contribution in [-0.4, -0.2) is 0 Å². The van der Waals surface area contributed by atoms with Crippen LogP contribution in [0.3, 0.4) is 0 Å². The second kappa shape index (κ2) is 5.85. The van der Waals surface area contributed by atoms with Crippen molar-refractivity contribution in [2.45, 2.75) is 25.6 Å². The van der Waals surface area contributed by atoms with Gasteiger partial charge in [0, 0.05) is 11.6 Å². The molecule has 1 nitrogen and oxygen atoms in total. The molecule has 0 saturated carbocycles. The third-order valence-electron chi connectivity index (χ3n) is 3.30. The third-order valence-corrected chi connectivity index (χ3v) is 3.30. The van der Waals surface area contributed by atoms with E-state index in [2.05, 4.69) is 0 Å². The largest absolute Gasteiger partial charge is 0.416 e. The van der Waals surface area contributed by atoms with Gasteiger partial charge in [-0.2, -0.15) is 13.2 Å². The van der Waals surface area contributed by atoms with Crippen LogP contribution in [0.4, 0.5) is 17.6 Å². The van der Waals surface area contributed by atoms with Gasteiger partial charge in [0.2, 0.25) is 0 Å². The number of hydrogen-bond acceptors (Lipinski definition) is 1. The molecule has 0 aliphatic heterocycles. The maximum absolute atomic E-state index is 13.7. The second-order valence-corrected chi connectivity index (χ2v) is 5.03. The zero-order chi connectivity index (χ0) is 15.6. The highest BCUT2D eigenvalue weighted by atomic mass is 19.4. The van der Waals surface area contributed by atoms with E-state index in [1.807, 2.05) is 31.2 Å². The minimum absolute atomic E-state index is 0.120. The molecule has 112 valence electrons. The highest BCUT2D eigenvalue weighted by molar-refractivity contribution is 5.31. The Morgan fingerprint density at radius 2 is 1.67 bits per heavy atom. The molecule has 0 aliphatic carbocycles. The second-order valence-electron chi connectivity index (χ2n) is 5.03. The Hall–Kier alpha value is -1.88. The zero-order valence-electron chi connectivity index (χ0n) is 11.4. The number of rotatable bonds is 3. The summed E-state index contributed by atoms with van der Waals surface area (Å²) < 4.78 is 51.7. The highest BCUT2D eigenvalue weighted by Crippen LogP contribution is 2.32. The first-order valence-corrected chi connectivity index (χ1v) is 6.45. The van der Waals surface area contributed by atoms with Gasteiger partial charge in [-0.1, -0.05) is 29.8 Å². The standard InChI is InChI=1S/C16H15F4N/c1-10-2-4-11(5-3-10)8-15(21)13-9-12(16(18,19)20)6-7-14(13)17/h2-7,9,15H,8,21H2,1H3. The van der Waals surface area contributed by atoms with Crippen molar-refractivity contribution in [3.63, 3.8) is 0 Å². The van der Waals surface area contributed by atoms with E-state index in [1.54, 1.807) is 0 Å². The van der Waals surface area contributed by atoms with E-state index in [-0.39, 0.29) is 12.0 Å². The topological polar surface area (TPSA) is 26.0 Å². The van der Waals surface area contributed by atoms with Crippen LogP contribution in [-0.2, 0) is 12.6 Å². The molecule has 0 amide bonds. The lowest BCUT2D eigenvalue weighted by Gasteiger charge is -2.16. The number of aryl methyl sites for hydroxylation is 1. The molecule has 0 spiro atoms. The predicted molar refractivity (Wildman–Crippen MR) is 73.2 cm³/mol. The summed E-state index contributed by atoms with van der Waals surface area (Å²) >= 11 is 0. The van der Waals surface area contributed by atoms with Crippen molar-refractivity contribution in [2.75, 3.05) is 0 Å². The first-order valence-electron chi connectivity index (χ1n) is 6.45. The Morgan fingerprint density at radius 3 is 2.24 bits per heavy atom. The summed E-state index contributed by atoms with van der Waals surface area (Å²) in [5.74, 6) is -0.720. The molecule has 2 aromatic carbocycles. The van der Waals surface area contributed by atoms with Crippen molar-refractivity contribution >= 4 is 0 Å². The summed E-state index contributed by atoms with van der Waals surface area (Å²) in [5.41, 5.74) is 6.78. The lowest BCUT2D eigenvalue weighted by molar-refractivity contribution is -0.137. The Morgan fingerprint density at radius 1 is 1.05 bits per heavy atom. The third kappa shape index (κ3) is 3.82. The van der Waals surface area contributed by atoms with Crippen LogP contribution in [0.1, 0.15) is 28.3 Å². The van der Waals surface area contributed by atoms with Crippen molar-refractivity contribution in [1.82, 2.24) is 0 Å². The molecule has 0 heterocycles. The van der Waals surface area contributed by atoms with Gasteiger partial charge in [0.25, 0.3) is 0 Å². The van der Waals surface area contributed by atoms with Crippen molar-refractivity contribution in [3.05, 3.63) is 70.5 Å². The van der Waals surface area contributed by atoms with Gasteiger partial charge in [-0.15, -0.1) is 0 Å². The first-order chi connectivity index (χ1) is 9.77. The monoisotopic (exact) mass is 297 g/mol. The van der Waals surface area contributed by atoms with Gasteiger partial charge in [0.05, 0.1) is 5.56 Å². The number of alkyl halides is 3. The average Bonchev–Trinajstić information content (AvgIpc) is 2.40. The molecule has 2 aromatic rings. The maximum atomic E-state index is 13.7. The van der Waals surface area contributed by atoms with Crippen LogP contribution < -0.4 is 5.73 Å². The summed E-state index contributed by atoms with van der Waals surface area (Å²) in [4.78, 5) is 0. The van der Waals surface area contributed by atoms with Crippen molar-refractivity contribution < 1.29 is 17.6 Å². The minimum Gasteiger partial charge on any atom is -0.324 e. The van der Waals surface area contributed by atoms with E-state index < -0.39 is 23.6 Å². The van der Waals surface area contributed by atoms with Gasteiger partial charge in [-0.25, -0.2) is 4.39 Å². The molecule has 1 atom stereocenters. The quantitative estimate of drug-likeness (QED) is 0.835. The molecule has 0 saturated heterocycles. The van der Waals surface area contributed by atoms with Crippen LogP contribution >= 0.6 is 0 Å². The maximum Gasteiger partial charge on any atom is 0.416 e. The fourth-order valence-corrected chi connectivity index (χ4v) is 2.09. The van der Waals surface area contributed by atoms with Crippen molar-refractivity contribution in [1.29, 1.82) is 0 Å². The molecule has 0 radical (unpaired) electrons. The summed E-state index contributed by atoms with van der Waals surface area (Å²) in [5, 5.41) is 0. The van der Waals surface area contributed by atoms with E-state index >= 15 is 0 Å². The highest BCUT2D eigenvalue weighted by Gasteiger charge is 2.31. The van der Waals surface area contributed by atoms with Gasteiger partial charge in [0.1, 0.15) is 5.82 Å². The number of hydrogen-bond donors (Lipinski definition) is 1. The number of halogens is 4. The Kier molecular flexibility index (Phi) is 4.32. The average molecular weight is 297 g/mol. The molecule has 1 unspecified atom stereocenters. The molecule has 0 aliphatic rings. The van der Waals surface area contributed by atoms with Gasteiger partial charge in [-0.3, -0.25) is 0 Å². The molecule has 21 heavy (non-hydrogen) atoms. The molecular formula is C16H15F4N. The van der Waals surface area contributed by atoms with Gasteiger partial charge in [0.15, 0.2) is 0 Å². The Balaban J connectivity index is 2.26. The van der Waals surface area contributed by atoms with Crippen LogP contribution in [0, 0.1) is 12.7 Å². The van der Waals surface area contributed by atoms with Gasteiger partial charge >= 0.3 is 6.18 Å².